The second-order valence-corrected chi connectivity index (χ2v) is 4.84. The van der Waals surface area contributed by atoms with Crippen LogP contribution in [0.25, 0.3) is 0 Å². The van der Waals surface area contributed by atoms with Gasteiger partial charge in [0.1, 0.15) is 5.75 Å². The number of carbonyl (C=O) groups is 1. The molecule has 1 atom stereocenters. The van der Waals surface area contributed by atoms with Crippen LogP contribution < -0.4 is 5.32 Å². The number of anilines is 1. The first-order valence-corrected chi connectivity index (χ1v) is 6.28. The fraction of sp³-hybridized carbons (Fsp3) is 0.500. The van der Waals surface area contributed by atoms with E-state index in [4.69, 9.17) is 4.74 Å². The standard InChI is InChI=1S/C14H19NO3/c1-9-7-13(16)10(2)6-12(9)15-14(17)8-11-4-3-5-18-11/h6-7,11,16H,3-5,8H2,1-2H3,(H,15,17). The number of ether oxygens (including phenoxy) is 1. The highest BCUT2D eigenvalue weighted by atomic mass is 16.5. The third-order valence-corrected chi connectivity index (χ3v) is 3.25. The van der Waals surface area contributed by atoms with Crippen molar-refractivity contribution >= 4 is 11.6 Å². The largest absolute Gasteiger partial charge is 0.508 e. The van der Waals surface area contributed by atoms with Gasteiger partial charge in [0.2, 0.25) is 5.91 Å². The smallest absolute Gasteiger partial charge is 0.226 e. The van der Waals surface area contributed by atoms with E-state index in [0.29, 0.717) is 6.42 Å². The topological polar surface area (TPSA) is 58.6 Å². The average Bonchev–Trinajstić information content (AvgIpc) is 2.78. The van der Waals surface area contributed by atoms with Gasteiger partial charge in [-0.25, -0.2) is 0 Å². The Labute approximate surface area is 107 Å². The highest BCUT2D eigenvalue weighted by molar-refractivity contribution is 5.92. The first kappa shape index (κ1) is 12.9. The van der Waals surface area contributed by atoms with Crippen molar-refractivity contribution in [2.75, 3.05) is 11.9 Å². The molecule has 4 nitrogen and oxygen atoms in total. The summed E-state index contributed by atoms with van der Waals surface area (Å²) in [5.41, 5.74) is 2.38. The number of hydrogen-bond acceptors (Lipinski definition) is 3. The molecular formula is C14H19NO3. The van der Waals surface area contributed by atoms with Gasteiger partial charge in [-0.15, -0.1) is 0 Å². The molecule has 2 rings (SSSR count). The lowest BCUT2D eigenvalue weighted by molar-refractivity contribution is -0.118. The molecule has 1 unspecified atom stereocenters. The Morgan fingerprint density at radius 3 is 2.89 bits per heavy atom. The Morgan fingerprint density at radius 2 is 2.22 bits per heavy atom. The molecule has 0 radical (unpaired) electrons. The fourth-order valence-electron chi connectivity index (χ4n) is 2.15. The predicted molar refractivity (Wildman–Crippen MR) is 69.8 cm³/mol. The minimum Gasteiger partial charge on any atom is -0.508 e. The Kier molecular flexibility index (Phi) is 3.87. The number of rotatable bonds is 3. The van der Waals surface area contributed by atoms with E-state index in [1.165, 1.54) is 0 Å². The zero-order chi connectivity index (χ0) is 13.1. The molecule has 0 spiro atoms. The molecule has 1 aromatic carbocycles. The van der Waals surface area contributed by atoms with Gasteiger partial charge in [-0.1, -0.05) is 0 Å². The van der Waals surface area contributed by atoms with E-state index in [1.54, 1.807) is 12.1 Å². The second-order valence-electron chi connectivity index (χ2n) is 4.84. The molecule has 1 fully saturated rings. The van der Waals surface area contributed by atoms with Crippen molar-refractivity contribution in [2.45, 2.75) is 39.2 Å². The SMILES string of the molecule is Cc1cc(NC(=O)CC2CCCO2)c(C)cc1O. The molecule has 0 saturated carbocycles. The van der Waals surface area contributed by atoms with E-state index in [1.807, 2.05) is 13.8 Å². The number of hydrogen-bond donors (Lipinski definition) is 2. The van der Waals surface area contributed by atoms with Crippen LogP contribution >= 0.6 is 0 Å². The number of benzene rings is 1. The number of phenolic OH excluding ortho intramolecular Hbond substituents is 1. The zero-order valence-electron chi connectivity index (χ0n) is 10.8. The van der Waals surface area contributed by atoms with Gasteiger partial charge in [-0.3, -0.25) is 4.79 Å². The van der Waals surface area contributed by atoms with Crippen LogP contribution in [-0.4, -0.2) is 23.7 Å². The average molecular weight is 249 g/mol. The molecule has 0 aliphatic carbocycles. The summed E-state index contributed by atoms with van der Waals surface area (Å²) in [7, 11) is 0. The second kappa shape index (κ2) is 5.40. The molecule has 0 aromatic heterocycles. The summed E-state index contributed by atoms with van der Waals surface area (Å²) in [5, 5.41) is 12.4. The van der Waals surface area contributed by atoms with Crippen molar-refractivity contribution in [3.8, 4) is 5.75 Å². The Morgan fingerprint density at radius 1 is 1.44 bits per heavy atom. The number of nitrogens with one attached hydrogen (secondary N) is 1. The van der Waals surface area contributed by atoms with Crippen molar-refractivity contribution in [1.29, 1.82) is 0 Å². The summed E-state index contributed by atoms with van der Waals surface area (Å²) >= 11 is 0. The Hall–Kier alpha value is -1.55. The molecular weight excluding hydrogens is 230 g/mol. The van der Waals surface area contributed by atoms with E-state index in [-0.39, 0.29) is 17.8 Å². The van der Waals surface area contributed by atoms with Crippen LogP contribution in [0.3, 0.4) is 0 Å². The maximum Gasteiger partial charge on any atom is 0.226 e. The van der Waals surface area contributed by atoms with Crippen LogP contribution in [0.2, 0.25) is 0 Å². The first-order valence-electron chi connectivity index (χ1n) is 6.28. The normalized spacial score (nSPS) is 18.9. The van der Waals surface area contributed by atoms with Crippen molar-refractivity contribution in [1.82, 2.24) is 0 Å². The van der Waals surface area contributed by atoms with Crippen LogP contribution in [0.5, 0.6) is 5.75 Å². The van der Waals surface area contributed by atoms with E-state index < -0.39 is 0 Å². The monoisotopic (exact) mass is 249 g/mol. The summed E-state index contributed by atoms with van der Waals surface area (Å²) in [5.74, 6) is 0.222. The number of aromatic hydroxyl groups is 1. The van der Waals surface area contributed by atoms with E-state index >= 15 is 0 Å². The van der Waals surface area contributed by atoms with E-state index in [2.05, 4.69) is 5.32 Å². The minimum absolute atomic E-state index is 0.0323. The third kappa shape index (κ3) is 3.01. The van der Waals surface area contributed by atoms with Gasteiger partial charge < -0.3 is 15.2 Å². The van der Waals surface area contributed by atoms with Crippen LogP contribution in [0.4, 0.5) is 5.69 Å². The lowest BCUT2D eigenvalue weighted by Gasteiger charge is -2.13. The molecule has 1 heterocycles. The molecule has 0 bridgehead atoms. The van der Waals surface area contributed by atoms with Crippen molar-refractivity contribution in [3.05, 3.63) is 23.3 Å². The summed E-state index contributed by atoms with van der Waals surface area (Å²) in [6.07, 6.45) is 2.46. The van der Waals surface area contributed by atoms with Gasteiger partial charge in [0.25, 0.3) is 0 Å². The van der Waals surface area contributed by atoms with Crippen molar-refractivity contribution < 1.29 is 14.6 Å². The maximum atomic E-state index is 11.9. The first-order chi connectivity index (χ1) is 8.56. The van der Waals surface area contributed by atoms with Gasteiger partial charge >= 0.3 is 0 Å². The van der Waals surface area contributed by atoms with Crippen LogP contribution in [0, 0.1) is 13.8 Å². The highest BCUT2D eigenvalue weighted by Crippen LogP contribution is 2.25. The molecule has 2 N–H and O–H groups in total. The molecule has 1 aliphatic heterocycles. The van der Waals surface area contributed by atoms with Gasteiger partial charge in [0, 0.05) is 12.3 Å². The Balaban J connectivity index is 2.00. The lowest BCUT2D eigenvalue weighted by atomic mass is 10.1. The van der Waals surface area contributed by atoms with Gasteiger partial charge in [-0.05, 0) is 49.9 Å². The molecule has 18 heavy (non-hydrogen) atoms. The molecule has 4 heteroatoms. The number of aryl methyl sites for hydroxylation is 2. The quantitative estimate of drug-likeness (QED) is 0.809. The minimum atomic E-state index is -0.0323. The van der Waals surface area contributed by atoms with Crippen molar-refractivity contribution in [2.24, 2.45) is 0 Å². The summed E-state index contributed by atoms with van der Waals surface area (Å²) in [4.78, 5) is 11.9. The van der Waals surface area contributed by atoms with Crippen LogP contribution in [0.15, 0.2) is 12.1 Å². The molecule has 1 aliphatic rings. The van der Waals surface area contributed by atoms with E-state index in [0.717, 1.165) is 36.3 Å². The summed E-state index contributed by atoms with van der Waals surface area (Å²) in [6, 6.07) is 3.45. The molecule has 98 valence electrons. The molecule has 1 saturated heterocycles. The lowest BCUT2D eigenvalue weighted by Crippen LogP contribution is -2.19. The maximum absolute atomic E-state index is 11.9. The third-order valence-electron chi connectivity index (χ3n) is 3.25. The fourth-order valence-corrected chi connectivity index (χ4v) is 2.15. The van der Waals surface area contributed by atoms with E-state index in [9.17, 15) is 9.90 Å². The van der Waals surface area contributed by atoms with Gasteiger partial charge in [0.15, 0.2) is 0 Å². The van der Waals surface area contributed by atoms with Crippen molar-refractivity contribution in [3.63, 3.8) is 0 Å². The number of amides is 1. The summed E-state index contributed by atoms with van der Waals surface area (Å²) in [6.45, 7) is 4.43. The number of carbonyl (C=O) groups excluding carboxylic acids is 1. The Bertz CT molecular complexity index is 451. The predicted octanol–water partition coefficient (Wildman–Crippen LogP) is 2.52. The number of phenols is 1. The van der Waals surface area contributed by atoms with Crippen LogP contribution in [0.1, 0.15) is 30.4 Å². The zero-order valence-corrected chi connectivity index (χ0v) is 10.8. The highest BCUT2D eigenvalue weighted by Gasteiger charge is 2.19. The summed E-state index contributed by atoms with van der Waals surface area (Å²) < 4.78 is 5.43. The molecule has 1 aromatic rings. The van der Waals surface area contributed by atoms with Crippen LogP contribution in [-0.2, 0) is 9.53 Å². The molecule has 1 amide bonds. The van der Waals surface area contributed by atoms with Gasteiger partial charge in [-0.2, -0.15) is 0 Å². The van der Waals surface area contributed by atoms with Gasteiger partial charge in [0.05, 0.1) is 12.5 Å².